The number of aliphatic carboxylic acids is 1. The Kier molecular flexibility index (Phi) is 12.9. The molecule has 0 bridgehead atoms. The number of benzene rings is 2. The first-order chi connectivity index (χ1) is 28.7. The number of rotatable bonds is 7. The molecule has 2 spiro atoms. The molecule has 2 saturated carbocycles. The number of carbonyl (C=O) groups excluding carboxylic acids is 3. The molecule has 324 valence electrons. The molecule has 19 heteroatoms. The molecule has 2 aromatic heterocycles. The highest BCUT2D eigenvalue weighted by Crippen LogP contribution is 2.52. The highest BCUT2D eigenvalue weighted by molar-refractivity contribution is 7.92. The molecule has 0 radical (unpaired) electrons. The van der Waals surface area contributed by atoms with Gasteiger partial charge in [0.05, 0.1) is 40.9 Å². The average molecular weight is 875 g/mol. The second-order valence-electron chi connectivity index (χ2n) is 16.2. The number of anilines is 4. The monoisotopic (exact) mass is 874 g/mol. The van der Waals surface area contributed by atoms with Gasteiger partial charge in [-0.25, -0.2) is 36.8 Å². The van der Waals surface area contributed by atoms with Gasteiger partial charge in [-0.1, -0.05) is 36.4 Å². The van der Waals surface area contributed by atoms with E-state index in [9.17, 15) is 36.0 Å². The number of fused-ring (bicyclic) bond motifs is 4. The van der Waals surface area contributed by atoms with Crippen molar-refractivity contribution < 1.29 is 41.1 Å². The fraction of sp³-hybridized carbons (Fsp3) is 0.429. The largest absolute Gasteiger partial charge is 0.481 e. The maximum Gasteiger partial charge on any atom is 0.306 e. The van der Waals surface area contributed by atoms with Crippen LogP contribution in [0.1, 0.15) is 97.1 Å². The first kappa shape index (κ1) is 44.7. The summed E-state index contributed by atoms with van der Waals surface area (Å²) < 4.78 is 51.6. The lowest BCUT2D eigenvalue weighted by Crippen LogP contribution is -2.41. The predicted octanol–water partition coefficient (Wildman–Crippen LogP) is 4.77. The number of hydrogen-bond donors (Lipinski definition) is 3. The zero-order valence-electron chi connectivity index (χ0n) is 34.4. The van der Waals surface area contributed by atoms with E-state index >= 15 is 0 Å². The van der Waals surface area contributed by atoms with Crippen LogP contribution in [0, 0.1) is 11.8 Å². The van der Waals surface area contributed by atoms with Crippen LogP contribution in [0.25, 0.3) is 0 Å². The summed E-state index contributed by atoms with van der Waals surface area (Å²) in [7, 11) is -6.66. The first-order valence-corrected chi connectivity index (χ1v) is 23.5. The minimum absolute atomic E-state index is 0.0556. The molecule has 2 aliphatic heterocycles. The second-order valence-corrected chi connectivity index (χ2v) is 20.1. The van der Waals surface area contributed by atoms with Gasteiger partial charge in [-0.3, -0.25) is 33.1 Å². The number of Topliss-reactive ketones (excluding diaryl/α,β-unsaturated/α-hetero) is 2. The molecular formula is C42H50N8O9S2. The van der Waals surface area contributed by atoms with Gasteiger partial charge in [0.2, 0.25) is 37.9 Å². The lowest BCUT2D eigenvalue weighted by Gasteiger charge is -2.37. The Morgan fingerprint density at radius 2 is 1.03 bits per heavy atom. The summed E-state index contributed by atoms with van der Waals surface area (Å²) in [5.41, 5.74) is 9.21. The van der Waals surface area contributed by atoms with Gasteiger partial charge in [0.15, 0.2) is 11.6 Å². The number of carbonyl (C=O) groups is 4. The van der Waals surface area contributed by atoms with E-state index in [4.69, 9.17) is 10.8 Å². The Balaban J connectivity index is 0.000000173. The van der Waals surface area contributed by atoms with Crippen LogP contribution in [0.5, 0.6) is 0 Å². The third-order valence-corrected chi connectivity index (χ3v) is 14.4. The topological polar surface area (TPSA) is 253 Å². The van der Waals surface area contributed by atoms with Crippen molar-refractivity contribution in [2.24, 2.45) is 11.8 Å². The highest BCUT2D eigenvalue weighted by atomic mass is 32.2. The van der Waals surface area contributed by atoms with Gasteiger partial charge in [0.25, 0.3) is 0 Å². The van der Waals surface area contributed by atoms with E-state index in [1.54, 1.807) is 0 Å². The molecule has 2 aromatic carbocycles. The molecule has 4 N–H and O–H groups in total. The minimum Gasteiger partial charge on any atom is -0.481 e. The van der Waals surface area contributed by atoms with Crippen molar-refractivity contribution in [3.8, 4) is 0 Å². The molecule has 0 saturated heterocycles. The van der Waals surface area contributed by atoms with Crippen LogP contribution in [0.15, 0.2) is 73.3 Å². The van der Waals surface area contributed by atoms with Gasteiger partial charge in [0.1, 0.15) is 0 Å². The van der Waals surface area contributed by atoms with E-state index in [1.165, 1.54) is 59.8 Å². The number of amides is 1. The number of ketones is 2. The summed E-state index contributed by atoms with van der Waals surface area (Å²) in [6.45, 7) is 3.75. The van der Waals surface area contributed by atoms with Crippen molar-refractivity contribution in [1.29, 1.82) is 0 Å². The van der Waals surface area contributed by atoms with Crippen molar-refractivity contribution in [3.63, 3.8) is 0 Å². The summed E-state index contributed by atoms with van der Waals surface area (Å²) in [4.78, 5) is 61.1. The van der Waals surface area contributed by atoms with E-state index in [1.807, 2.05) is 48.5 Å². The zero-order chi connectivity index (χ0) is 44.3. The maximum absolute atomic E-state index is 12.7. The van der Waals surface area contributed by atoms with Gasteiger partial charge in [-0.2, -0.15) is 0 Å². The molecule has 61 heavy (non-hydrogen) atoms. The number of hydrogen-bond acceptors (Lipinski definition) is 13. The predicted molar refractivity (Wildman–Crippen MR) is 229 cm³/mol. The van der Waals surface area contributed by atoms with Crippen LogP contribution >= 0.6 is 0 Å². The average Bonchev–Trinajstić information content (AvgIpc) is 3.72. The number of para-hydroxylation sites is 2. The Morgan fingerprint density at radius 3 is 1.41 bits per heavy atom. The highest BCUT2D eigenvalue weighted by Gasteiger charge is 2.49. The number of nitrogens with one attached hydrogen (secondary N) is 1. The molecule has 4 heterocycles. The molecule has 4 aromatic rings. The van der Waals surface area contributed by atoms with Crippen LogP contribution in [0.2, 0.25) is 0 Å². The van der Waals surface area contributed by atoms with Crippen molar-refractivity contribution in [1.82, 2.24) is 19.9 Å². The van der Waals surface area contributed by atoms with Crippen molar-refractivity contribution in [3.05, 3.63) is 95.6 Å². The van der Waals surface area contributed by atoms with Gasteiger partial charge in [0, 0.05) is 54.6 Å². The lowest BCUT2D eigenvalue weighted by atomic mass is 9.67. The van der Waals surface area contributed by atoms with E-state index in [-0.39, 0.29) is 52.0 Å². The van der Waals surface area contributed by atoms with Gasteiger partial charge < -0.3 is 10.8 Å². The van der Waals surface area contributed by atoms with Crippen LogP contribution in [0.4, 0.5) is 23.3 Å². The smallest absolute Gasteiger partial charge is 0.306 e. The van der Waals surface area contributed by atoms with Crippen LogP contribution in [-0.2, 0) is 40.5 Å². The quantitative estimate of drug-likeness (QED) is 0.212. The zero-order valence-corrected chi connectivity index (χ0v) is 36.1. The normalized spacial score (nSPS) is 22.8. The summed E-state index contributed by atoms with van der Waals surface area (Å²) in [6.07, 6.45) is 13.5. The standard InChI is InChI=1S/C21H24N4O4S.C15H19NO4S.C6H7N3O/c1-14(26)16-11-22-20(23-12-16)24-19(27)15-7-9-21(10-8-15)13-25(30(2,28)29)18-6-4-3-5-17(18)21;1-21(19,20)16-10-15(12-4-2-3-5-13(12)16)8-6-11(7-9-15)14(17)18;1-4(10)5-2-8-6(7)9-3-5/h3-6,11-12,15H,7-10,13H2,1-2H3,(H,22,23,24,27);2-5,11H,6-10H2,1H3,(H,17,18);2-3H,1H3,(H2,7,8,9). The number of carboxylic acid groups (broad SMARTS) is 1. The first-order valence-electron chi connectivity index (χ1n) is 19.8. The summed E-state index contributed by atoms with van der Waals surface area (Å²) in [5, 5.41) is 11.9. The van der Waals surface area contributed by atoms with E-state index in [2.05, 4.69) is 25.3 Å². The SMILES string of the molecule is CC(=O)c1cnc(N)nc1.CC(=O)c1cnc(NC(=O)C2CCC3(CC2)CN(S(C)(=O)=O)c2ccccc23)nc1.CS(=O)(=O)N1CC2(CCC(C(=O)O)CC2)c2ccccc21. The Morgan fingerprint density at radius 1 is 0.656 bits per heavy atom. The molecule has 1 amide bonds. The number of carboxylic acids is 1. The number of nitrogens with two attached hydrogens (primary N) is 1. The lowest BCUT2D eigenvalue weighted by molar-refractivity contribution is -0.143. The van der Waals surface area contributed by atoms with E-state index in [0.717, 1.165) is 48.2 Å². The Labute approximate surface area is 355 Å². The van der Waals surface area contributed by atoms with Crippen LogP contribution < -0.4 is 19.7 Å². The maximum atomic E-state index is 12.7. The molecule has 8 rings (SSSR count). The third kappa shape index (κ3) is 9.88. The van der Waals surface area contributed by atoms with Crippen LogP contribution in [-0.4, -0.2) is 90.9 Å². The van der Waals surface area contributed by atoms with E-state index in [0.29, 0.717) is 49.9 Å². The summed E-state index contributed by atoms with van der Waals surface area (Å²) in [5.74, 6) is -1.20. The molecule has 2 aliphatic carbocycles. The second kappa shape index (κ2) is 17.6. The molecule has 17 nitrogen and oxygen atoms in total. The third-order valence-electron chi connectivity index (χ3n) is 12.2. The van der Waals surface area contributed by atoms with Crippen molar-refractivity contribution >= 4 is 66.8 Å². The number of aromatic nitrogens is 4. The van der Waals surface area contributed by atoms with Crippen molar-refractivity contribution in [2.45, 2.75) is 76.0 Å². The molecule has 0 unspecified atom stereocenters. The fourth-order valence-corrected chi connectivity index (χ4v) is 10.8. The van der Waals surface area contributed by atoms with E-state index < -0.39 is 26.0 Å². The fourth-order valence-electron chi connectivity index (χ4n) is 8.77. The van der Waals surface area contributed by atoms with Gasteiger partial charge in [-0.05, 0) is 88.5 Å². The Bertz CT molecular complexity index is 2520. The molecule has 0 atom stereocenters. The van der Waals surface area contributed by atoms with Gasteiger partial charge >= 0.3 is 5.97 Å². The molecule has 4 aliphatic rings. The number of nitrogen functional groups attached to an aromatic ring is 1. The number of sulfonamides is 2. The van der Waals surface area contributed by atoms with Crippen molar-refractivity contribution in [2.75, 3.05) is 45.3 Å². The Hall–Kier alpha value is -5.82. The molecular weight excluding hydrogens is 825 g/mol. The minimum atomic E-state index is -3.36. The number of nitrogens with zero attached hydrogens (tertiary/aromatic N) is 6. The summed E-state index contributed by atoms with van der Waals surface area (Å²) >= 11 is 0. The van der Waals surface area contributed by atoms with Crippen LogP contribution in [0.3, 0.4) is 0 Å². The van der Waals surface area contributed by atoms with Gasteiger partial charge in [-0.15, -0.1) is 0 Å². The summed E-state index contributed by atoms with van der Waals surface area (Å²) in [6, 6.07) is 15.3. The molecule has 2 fully saturated rings.